The van der Waals surface area contributed by atoms with Crippen molar-refractivity contribution in [3.8, 4) is 0 Å². The monoisotopic (exact) mass is 240 g/mol. The smallest absolute Gasteiger partial charge is 0.239 e. The summed E-state index contributed by atoms with van der Waals surface area (Å²) in [5.74, 6) is 0.199. The van der Waals surface area contributed by atoms with Crippen LogP contribution in [0.5, 0.6) is 0 Å². The van der Waals surface area contributed by atoms with Crippen molar-refractivity contribution in [3.05, 3.63) is 35.9 Å². The molecule has 1 fully saturated rings. The summed E-state index contributed by atoms with van der Waals surface area (Å²) in [6.45, 7) is 1.66. The number of hydrogen-bond donors (Lipinski definition) is 1. The van der Waals surface area contributed by atoms with E-state index >= 15 is 0 Å². The summed E-state index contributed by atoms with van der Waals surface area (Å²) < 4.78 is 0. The number of nitrogens with one attached hydrogen (secondary N) is 1. The molecule has 0 spiro atoms. The Morgan fingerprint density at radius 3 is 2.56 bits per heavy atom. The van der Waals surface area contributed by atoms with Crippen LogP contribution in [0.1, 0.15) is 12.0 Å². The van der Waals surface area contributed by atoms with Gasteiger partial charge in [-0.3, -0.25) is 4.79 Å². The molecule has 0 saturated carbocycles. The van der Waals surface area contributed by atoms with Crippen LogP contribution in [0.15, 0.2) is 30.3 Å². The van der Waals surface area contributed by atoms with Crippen molar-refractivity contribution in [1.29, 1.82) is 0 Å². The highest BCUT2D eigenvalue weighted by Gasteiger charge is 2.26. The van der Waals surface area contributed by atoms with Gasteiger partial charge in [0.2, 0.25) is 5.91 Å². The van der Waals surface area contributed by atoms with Crippen LogP contribution >= 0.6 is 12.4 Å². The van der Waals surface area contributed by atoms with Crippen LogP contribution < -0.4 is 5.32 Å². The average molecular weight is 241 g/mol. The summed E-state index contributed by atoms with van der Waals surface area (Å²) in [7, 11) is 1.86. The zero-order chi connectivity index (χ0) is 10.7. The lowest BCUT2D eigenvalue weighted by Gasteiger charge is -2.30. The fraction of sp³-hybridized carbons (Fsp3) is 0.417. The van der Waals surface area contributed by atoms with Crippen molar-refractivity contribution in [3.63, 3.8) is 0 Å². The lowest BCUT2D eigenvalue weighted by Crippen LogP contribution is -2.53. The van der Waals surface area contributed by atoms with Gasteiger partial charge in [-0.1, -0.05) is 30.3 Å². The Morgan fingerprint density at radius 1 is 1.44 bits per heavy atom. The summed E-state index contributed by atoms with van der Waals surface area (Å²) >= 11 is 0. The Labute approximate surface area is 102 Å². The number of nitrogens with zero attached hydrogens (tertiary/aromatic N) is 1. The van der Waals surface area contributed by atoms with E-state index in [4.69, 9.17) is 0 Å². The van der Waals surface area contributed by atoms with Crippen LogP contribution in [-0.4, -0.2) is 30.4 Å². The Kier molecular flexibility index (Phi) is 4.77. The fourth-order valence-corrected chi connectivity index (χ4v) is 1.70. The molecule has 0 aromatic heterocycles. The third-order valence-electron chi connectivity index (χ3n) is 2.76. The van der Waals surface area contributed by atoms with Gasteiger partial charge < -0.3 is 10.2 Å². The zero-order valence-corrected chi connectivity index (χ0v) is 10.2. The number of rotatable bonds is 3. The molecule has 1 aromatic carbocycles. The highest BCUT2D eigenvalue weighted by molar-refractivity contribution is 5.85. The topological polar surface area (TPSA) is 32.3 Å². The molecule has 16 heavy (non-hydrogen) atoms. The summed E-state index contributed by atoms with van der Waals surface area (Å²) in [6.07, 6.45) is 0.970. The van der Waals surface area contributed by atoms with Gasteiger partial charge in [-0.2, -0.15) is 0 Å². The Bertz CT molecular complexity index is 338. The lowest BCUT2D eigenvalue weighted by atomic mass is 10.1. The van der Waals surface area contributed by atoms with Gasteiger partial charge in [0.25, 0.3) is 0 Å². The maximum absolute atomic E-state index is 11.8. The second-order valence-electron chi connectivity index (χ2n) is 3.98. The van der Waals surface area contributed by atoms with Gasteiger partial charge in [-0.25, -0.2) is 0 Å². The zero-order valence-electron chi connectivity index (χ0n) is 9.35. The van der Waals surface area contributed by atoms with E-state index in [0.29, 0.717) is 6.54 Å². The first kappa shape index (κ1) is 13.0. The second kappa shape index (κ2) is 5.87. The Morgan fingerprint density at radius 2 is 2.06 bits per heavy atom. The van der Waals surface area contributed by atoms with Crippen LogP contribution in [0.4, 0.5) is 0 Å². The van der Waals surface area contributed by atoms with Crippen LogP contribution in [0.3, 0.4) is 0 Å². The first-order chi connectivity index (χ1) is 7.27. The van der Waals surface area contributed by atoms with E-state index in [1.54, 1.807) is 4.90 Å². The molecule has 0 radical (unpaired) electrons. The molecule has 3 nitrogen and oxygen atoms in total. The minimum Gasteiger partial charge on any atom is -0.340 e. The van der Waals surface area contributed by atoms with E-state index in [-0.39, 0.29) is 24.4 Å². The fourth-order valence-electron chi connectivity index (χ4n) is 1.70. The van der Waals surface area contributed by atoms with Gasteiger partial charge in [0, 0.05) is 13.6 Å². The molecular formula is C12H17ClN2O. The second-order valence-corrected chi connectivity index (χ2v) is 3.98. The van der Waals surface area contributed by atoms with Crippen LogP contribution in [0, 0.1) is 0 Å². The minimum atomic E-state index is 0. The number of carbonyl (C=O) groups is 1. The SMILES string of the molecule is CN(Cc1ccccc1)C(=O)[C@H]1CCN1.Cl. The molecule has 2 rings (SSSR count). The van der Waals surface area contributed by atoms with E-state index < -0.39 is 0 Å². The maximum Gasteiger partial charge on any atom is 0.239 e. The van der Waals surface area contributed by atoms with Gasteiger partial charge in [0.15, 0.2) is 0 Å². The highest BCUT2D eigenvalue weighted by atomic mass is 35.5. The predicted octanol–water partition coefficient (Wildman–Crippen LogP) is 1.43. The molecule has 0 unspecified atom stereocenters. The normalized spacial score (nSPS) is 18.2. The standard InChI is InChI=1S/C12H16N2O.ClH/c1-14(12(15)11-7-8-13-11)9-10-5-3-2-4-6-10;/h2-6,11,13H,7-9H2,1H3;1H/t11-;/m1./s1. The summed E-state index contributed by atoms with van der Waals surface area (Å²) in [6, 6.07) is 10.1. The molecule has 1 saturated heterocycles. The van der Waals surface area contributed by atoms with E-state index in [9.17, 15) is 4.79 Å². The van der Waals surface area contributed by atoms with Crippen molar-refractivity contribution < 1.29 is 4.79 Å². The van der Waals surface area contributed by atoms with Crippen molar-refractivity contribution in [1.82, 2.24) is 10.2 Å². The lowest BCUT2D eigenvalue weighted by molar-refractivity contribution is -0.134. The van der Waals surface area contributed by atoms with Gasteiger partial charge in [-0.15, -0.1) is 12.4 Å². The number of amides is 1. The number of hydrogen-bond acceptors (Lipinski definition) is 2. The van der Waals surface area contributed by atoms with Crippen molar-refractivity contribution in [2.45, 2.75) is 19.0 Å². The summed E-state index contributed by atoms with van der Waals surface area (Å²) in [5.41, 5.74) is 1.17. The van der Waals surface area contributed by atoms with Gasteiger partial charge in [0.1, 0.15) is 0 Å². The molecule has 0 bridgehead atoms. The van der Waals surface area contributed by atoms with Crippen molar-refractivity contribution in [2.75, 3.05) is 13.6 Å². The molecule has 0 aliphatic carbocycles. The Hall–Kier alpha value is -1.06. The van der Waals surface area contributed by atoms with E-state index in [2.05, 4.69) is 5.32 Å². The average Bonchev–Trinajstić information content (AvgIpc) is 2.16. The summed E-state index contributed by atoms with van der Waals surface area (Å²) in [5, 5.41) is 3.12. The molecule has 1 heterocycles. The van der Waals surface area contributed by atoms with Gasteiger partial charge in [-0.05, 0) is 18.5 Å². The van der Waals surface area contributed by atoms with Crippen LogP contribution in [0.25, 0.3) is 0 Å². The molecule has 1 aliphatic heterocycles. The number of likely N-dealkylation sites (N-methyl/N-ethyl adjacent to an activating group) is 1. The minimum absolute atomic E-state index is 0. The predicted molar refractivity (Wildman–Crippen MR) is 66.6 cm³/mol. The third kappa shape index (κ3) is 2.97. The van der Waals surface area contributed by atoms with Gasteiger partial charge in [0.05, 0.1) is 6.04 Å². The van der Waals surface area contributed by atoms with E-state index in [1.807, 2.05) is 37.4 Å². The third-order valence-corrected chi connectivity index (χ3v) is 2.76. The first-order valence-corrected chi connectivity index (χ1v) is 5.29. The van der Waals surface area contributed by atoms with Crippen molar-refractivity contribution >= 4 is 18.3 Å². The molecule has 1 aromatic rings. The first-order valence-electron chi connectivity index (χ1n) is 5.29. The molecule has 88 valence electrons. The highest BCUT2D eigenvalue weighted by Crippen LogP contribution is 2.09. The van der Waals surface area contributed by atoms with Gasteiger partial charge >= 0.3 is 0 Å². The molecule has 1 aliphatic rings. The van der Waals surface area contributed by atoms with Crippen LogP contribution in [0.2, 0.25) is 0 Å². The molecule has 4 heteroatoms. The largest absolute Gasteiger partial charge is 0.340 e. The number of benzene rings is 1. The number of carbonyl (C=O) groups excluding carboxylic acids is 1. The quantitative estimate of drug-likeness (QED) is 0.867. The molecule has 1 atom stereocenters. The van der Waals surface area contributed by atoms with Crippen LogP contribution in [-0.2, 0) is 11.3 Å². The Balaban J connectivity index is 0.00000128. The molecular weight excluding hydrogens is 224 g/mol. The van der Waals surface area contributed by atoms with E-state index in [1.165, 1.54) is 5.56 Å². The van der Waals surface area contributed by atoms with Crippen molar-refractivity contribution in [2.24, 2.45) is 0 Å². The summed E-state index contributed by atoms with van der Waals surface area (Å²) in [4.78, 5) is 13.6. The molecule has 1 amide bonds. The van der Waals surface area contributed by atoms with E-state index in [0.717, 1.165) is 13.0 Å². The maximum atomic E-state index is 11.8. The number of halogens is 1. The molecule has 1 N–H and O–H groups in total.